The van der Waals surface area contributed by atoms with Gasteiger partial charge < -0.3 is 0 Å². The van der Waals surface area contributed by atoms with Gasteiger partial charge in [-0.1, -0.05) is 23.7 Å². The first kappa shape index (κ1) is 30.8. The normalized spacial score (nSPS) is 15.7. The van der Waals surface area contributed by atoms with Crippen molar-refractivity contribution < 1.29 is 44.3 Å². The highest BCUT2D eigenvalue weighted by Gasteiger charge is 2.46. The molecule has 19 heteroatoms. The quantitative estimate of drug-likeness (QED) is 0.170. The Hall–Kier alpha value is -3.61. The number of nitrogens with zero attached hydrogens (tertiary/aromatic N) is 4. The largest absolute Gasteiger partial charge is 0.516 e. The molecule has 9 nitrogen and oxygen atoms in total. The third-order valence-electron chi connectivity index (χ3n) is 5.93. The number of hydrogen-bond acceptors (Lipinski definition) is 8. The molecule has 2 aromatic carbocycles. The van der Waals surface area contributed by atoms with Crippen LogP contribution in [0, 0.1) is 0 Å². The standard InChI is InChI=1S/C24H14ClF6N5O4S3/c25-15-3-2-13(17(7-15)23(26,27)28)9-36-18-4-1-12(5-14(18)8-32-36)6-19-20(37)35(22(38)42-19)10-16-11-41-21(33-16)34-43(39,40)24(29,30)31/h1-8,11H,9-10H2,(H,33,34)/b19-6-. The third-order valence-corrected chi connectivity index (χ3v) is 9.08. The molecule has 226 valence electrons. The Bertz CT molecular complexity index is 1900. The molecule has 3 heterocycles. The summed E-state index contributed by atoms with van der Waals surface area (Å²) < 4.78 is 104. The van der Waals surface area contributed by atoms with Gasteiger partial charge in [-0.3, -0.25) is 23.9 Å². The number of halogens is 7. The first-order chi connectivity index (χ1) is 20.0. The van der Waals surface area contributed by atoms with Crippen LogP contribution in [0.1, 0.15) is 22.4 Å². The minimum Gasteiger partial charge on any atom is -0.268 e. The Morgan fingerprint density at radius 3 is 2.47 bits per heavy atom. The Balaban J connectivity index is 1.32. The van der Waals surface area contributed by atoms with Gasteiger partial charge in [-0.15, -0.1) is 11.3 Å². The lowest BCUT2D eigenvalue weighted by molar-refractivity contribution is -0.138. The second-order valence-electron chi connectivity index (χ2n) is 8.88. The minimum absolute atomic E-state index is 0.0170. The van der Waals surface area contributed by atoms with E-state index in [9.17, 15) is 44.3 Å². The highest BCUT2D eigenvalue weighted by Crippen LogP contribution is 2.36. The molecule has 0 radical (unpaired) electrons. The van der Waals surface area contributed by atoms with E-state index in [1.807, 2.05) is 0 Å². The fourth-order valence-electron chi connectivity index (χ4n) is 3.98. The van der Waals surface area contributed by atoms with Crippen molar-refractivity contribution in [2.75, 3.05) is 4.72 Å². The van der Waals surface area contributed by atoms with E-state index >= 15 is 0 Å². The van der Waals surface area contributed by atoms with Gasteiger partial charge in [0.25, 0.3) is 11.1 Å². The van der Waals surface area contributed by atoms with Gasteiger partial charge in [0.15, 0.2) is 5.13 Å². The molecule has 0 bridgehead atoms. The Morgan fingerprint density at radius 1 is 1.02 bits per heavy atom. The number of amides is 2. The maximum atomic E-state index is 13.5. The zero-order valence-corrected chi connectivity index (χ0v) is 24.1. The zero-order chi connectivity index (χ0) is 31.3. The number of carbonyl (C=O) groups is 2. The molecule has 0 aliphatic carbocycles. The highest BCUT2D eigenvalue weighted by molar-refractivity contribution is 8.18. The smallest absolute Gasteiger partial charge is 0.268 e. The number of thioether (sulfide) groups is 1. The van der Waals surface area contributed by atoms with Gasteiger partial charge in [0, 0.05) is 15.8 Å². The lowest BCUT2D eigenvalue weighted by Crippen LogP contribution is -2.30. The first-order valence-corrected chi connectivity index (χ1v) is 15.2. The molecule has 0 spiro atoms. The van der Waals surface area contributed by atoms with Gasteiger partial charge >= 0.3 is 21.7 Å². The number of anilines is 1. The molecule has 43 heavy (non-hydrogen) atoms. The van der Waals surface area contributed by atoms with Crippen LogP contribution in [0.3, 0.4) is 0 Å². The topological polar surface area (TPSA) is 114 Å². The average Bonchev–Trinajstić information content (AvgIpc) is 3.58. The molecule has 1 aliphatic rings. The monoisotopic (exact) mass is 681 g/mol. The molecule has 0 atom stereocenters. The van der Waals surface area contributed by atoms with Crippen LogP contribution in [0.5, 0.6) is 0 Å². The number of rotatable bonds is 7. The van der Waals surface area contributed by atoms with Crippen LogP contribution in [0.2, 0.25) is 5.02 Å². The molecule has 2 amide bonds. The third kappa shape index (κ3) is 6.51. The number of imide groups is 1. The number of nitrogens with one attached hydrogen (secondary N) is 1. The molecule has 2 aromatic heterocycles. The lowest BCUT2D eigenvalue weighted by atomic mass is 10.1. The van der Waals surface area contributed by atoms with Crippen LogP contribution >= 0.6 is 34.7 Å². The second-order valence-corrected chi connectivity index (χ2v) is 12.8. The van der Waals surface area contributed by atoms with E-state index in [1.54, 1.807) is 18.2 Å². The van der Waals surface area contributed by atoms with Crippen LogP contribution in [0.15, 0.2) is 52.9 Å². The molecule has 1 fully saturated rings. The number of sulfonamides is 1. The summed E-state index contributed by atoms with van der Waals surface area (Å²) in [6.07, 6.45) is -1.76. The predicted molar refractivity (Wildman–Crippen MR) is 148 cm³/mol. The van der Waals surface area contributed by atoms with Crippen LogP contribution in [-0.4, -0.2) is 44.7 Å². The average molecular weight is 682 g/mol. The first-order valence-electron chi connectivity index (χ1n) is 11.6. The van der Waals surface area contributed by atoms with E-state index in [0.717, 1.165) is 11.0 Å². The van der Waals surface area contributed by atoms with Gasteiger partial charge in [-0.2, -0.15) is 39.9 Å². The second kappa shape index (κ2) is 11.1. The predicted octanol–water partition coefficient (Wildman–Crippen LogP) is 6.71. The number of thiazole rings is 1. The summed E-state index contributed by atoms with van der Waals surface area (Å²) in [4.78, 5) is 30.0. The van der Waals surface area contributed by atoms with Crippen molar-refractivity contribution in [1.82, 2.24) is 19.7 Å². The molecular formula is C24H14ClF6N5O4S3. The summed E-state index contributed by atoms with van der Waals surface area (Å²) in [6.45, 7) is -0.605. The Kier molecular flexibility index (Phi) is 7.99. The van der Waals surface area contributed by atoms with Crippen molar-refractivity contribution in [2.24, 2.45) is 0 Å². The number of aromatic nitrogens is 3. The molecule has 5 rings (SSSR count). The highest BCUT2D eigenvalue weighted by atomic mass is 35.5. The summed E-state index contributed by atoms with van der Waals surface area (Å²) in [5.41, 5.74) is -5.49. The van der Waals surface area contributed by atoms with Crippen molar-refractivity contribution in [3.05, 3.63) is 80.3 Å². The summed E-state index contributed by atoms with van der Waals surface area (Å²) in [5.74, 6) is -0.710. The molecular weight excluding hydrogens is 668 g/mol. The lowest BCUT2D eigenvalue weighted by Gasteiger charge is -2.14. The molecule has 1 aliphatic heterocycles. The van der Waals surface area contributed by atoms with Crippen molar-refractivity contribution in [1.29, 1.82) is 0 Å². The van der Waals surface area contributed by atoms with E-state index < -0.39 is 50.1 Å². The van der Waals surface area contributed by atoms with Gasteiger partial charge in [-0.05, 0) is 53.2 Å². The van der Waals surface area contributed by atoms with Gasteiger partial charge in [0.2, 0.25) is 0 Å². The zero-order valence-electron chi connectivity index (χ0n) is 20.9. The fourth-order valence-corrected chi connectivity index (χ4v) is 6.45. The van der Waals surface area contributed by atoms with Crippen LogP contribution in [-0.2, 0) is 34.1 Å². The Labute approximate surface area is 251 Å². The van der Waals surface area contributed by atoms with Crippen LogP contribution in [0.25, 0.3) is 17.0 Å². The van der Waals surface area contributed by atoms with E-state index in [4.69, 9.17) is 11.6 Å². The van der Waals surface area contributed by atoms with Crippen molar-refractivity contribution >= 4 is 78.0 Å². The number of hydrogen-bond donors (Lipinski definition) is 1. The van der Waals surface area contributed by atoms with Gasteiger partial charge in [0.05, 0.1) is 41.0 Å². The van der Waals surface area contributed by atoms with Crippen molar-refractivity contribution in [3.8, 4) is 0 Å². The summed E-state index contributed by atoms with van der Waals surface area (Å²) >= 11 is 6.91. The SMILES string of the molecule is O=C1S/C(=C\c2ccc3c(cnn3Cc3ccc(Cl)cc3C(F)(F)F)c2)C(=O)N1Cc1csc(NS(=O)(=O)C(F)(F)F)n1. The summed E-state index contributed by atoms with van der Waals surface area (Å²) in [7, 11) is -5.69. The van der Waals surface area contributed by atoms with Gasteiger partial charge in [-0.25, -0.2) is 4.98 Å². The van der Waals surface area contributed by atoms with E-state index in [1.165, 1.54) is 39.2 Å². The molecule has 4 aromatic rings. The number of carbonyl (C=O) groups excluding carboxylic acids is 2. The molecule has 1 saturated heterocycles. The molecule has 0 unspecified atom stereocenters. The van der Waals surface area contributed by atoms with E-state index in [2.05, 4.69) is 10.1 Å². The minimum atomic E-state index is -5.69. The number of benzene rings is 2. The summed E-state index contributed by atoms with van der Waals surface area (Å²) in [5, 5.41) is 4.61. The Morgan fingerprint density at radius 2 is 1.77 bits per heavy atom. The molecule has 0 saturated carbocycles. The maximum Gasteiger partial charge on any atom is 0.516 e. The van der Waals surface area contributed by atoms with E-state index in [0.29, 0.717) is 39.6 Å². The van der Waals surface area contributed by atoms with Crippen LogP contribution in [0.4, 0.5) is 36.3 Å². The van der Waals surface area contributed by atoms with Gasteiger partial charge in [0.1, 0.15) is 0 Å². The van der Waals surface area contributed by atoms with E-state index in [-0.39, 0.29) is 27.7 Å². The summed E-state index contributed by atoms with van der Waals surface area (Å²) in [6, 6.07) is 8.28. The molecule has 1 N–H and O–H groups in total. The van der Waals surface area contributed by atoms with Crippen molar-refractivity contribution in [2.45, 2.75) is 24.8 Å². The number of alkyl halides is 6. The van der Waals surface area contributed by atoms with Crippen LogP contribution < -0.4 is 4.72 Å². The van der Waals surface area contributed by atoms with Crippen molar-refractivity contribution in [3.63, 3.8) is 0 Å². The number of fused-ring (bicyclic) bond motifs is 1. The fraction of sp³-hybridized carbons (Fsp3) is 0.167. The maximum absolute atomic E-state index is 13.5.